The molecule has 82 valence electrons. The number of Topliss-reactive ketones (excluding diaryl/α,β-unsaturated/α-hetero) is 1. The number of ketones is 1. The van der Waals surface area contributed by atoms with E-state index in [1.807, 2.05) is 0 Å². The number of halogens is 1. The molecule has 6 nitrogen and oxygen atoms in total. The van der Waals surface area contributed by atoms with Crippen LogP contribution in [-0.2, 0) is 14.4 Å². The minimum Gasteiger partial charge on any atom is -0.480 e. The van der Waals surface area contributed by atoms with Gasteiger partial charge in [0.15, 0.2) is 0 Å². The number of carbonyl (C=O) groups is 3. The lowest BCUT2D eigenvalue weighted by atomic mass is 10.1. The van der Waals surface area contributed by atoms with Crippen LogP contribution in [0.4, 0.5) is 0 Å². The van der Waals surface area contributed by atoms with E-state index in [9.17, 15) is 14.4 Å². The zero-order valence-corrected chi connectivity index (χ0v) is 8.12. The van der Waals surface area contributed by atoms with Gasteiger partial charge >= 0.3 is 11.9 Å². The molecule has 0 amide bonds. The van der Waals surface area contributed by atoms with Crippen LogP contribution in [0.3, 0.4) is 0 Å². The summed E-state index contributed by atoms with van der Waals surface area (Å²) in [5.74, 6) is -3.57. The van der Waals surface area contributed by atoms with Crippen LogP contribution in [0.15, 0.2) is 0 Å². The van der Waals surface area contributed by atoms with Gasteiger partial charge in [-0.05, 0) is 12.8 Å². The molecule has 0 rings (SSSR count). The van der Waals surface area contributed by atoms with Crippen molar-refractivity contribution in [2.45, 2.75) is 25.3 Å². The summed E-state index contributed by atoms with van der Waals surface area (Å²) < 4.78 is 0. The van der Waals surface area contributed by atoms with Crippen LogP contribution in [0, 0.1) is 0 Å². The van der Waals surface area contributed by atoms with E-state index in [-0.39, 0.29) is 31.7 Å². The van der Waals surface area contributed by atoms with Crippen molar-refractivity contribution in [2.24, 2.45) is 5.73 Å². The van der Waals surface area contributed by atoms with Gasteiger partial charge in [-0.3, -0.25) is 9.59 Å². The third-order valence-electron chi connectivity index (χ3n) is 1.47. The highest BCUT2D eigenvalue weighted by Gasteiger charge is 2.14. The normalized spacial score (nSPS) is 11.2. The molecule has 7 heteroatoms. The van der Waals surface area contributed by atoms with Crippen LogP contribution >= 0.6 is 12.4 Å². The lowest BCUT2D eigenvalue weighted by molar-refractivity contribution is -0.149. The zero-order valence-electron chi connectivity index (χ0n) is 7.30. The summed E-state index contributed by atoms with van der Waals surface area (Å²) in [6, 6.07) is -1.03. The molecule has 0 aliphatic carbocycles. The minimum atomic E-state index is -1.50. The van der Waals surface area contributed by atoms with E-state index in [4.69, 9.17) is 15.9 Å². The SMILES string of the molecule is Cl.N[C@@H](CCCC(=O)C(=O)O)C(=O)O. The third kappa shape index (κ3) is 6.38. The summed E-state index contributed by atoms with van der Waals surface area (Å²) in [7, 11) is 0. The van der Waals surface area contributed by atoms with Gasteiger partial charge in [-0.15, -0.1) is 12.4 Å². The maximum atomic E-state index is 10.5. The van der Waals surface area contributed by atoms with E-state index in [0.29, 0.717) is 0 Å². The Hall–Kier alpha value is -1.14. The van der Waals surface area contributed by atoms with E-state index in [2.05, 4.69) is 0 Å². The first-order chi connectivity index (χ1) is 5.95. The number of hydrogen-bond acceptors (Lipinski definition) is 4. The van der Waals surface area contributed by atoms with Crippen molar-refractivity contribution < 1.29 is 24.6 Å². The molecule has 0 unspecified atom stereocenters. The largest absolute Gasteiger partial charge is 0.480 e. The maximum absolute atomic E-state index is 10.5. The van der Waals surface area contributed by atoms with Crippen LogP contribution < -0.4 is 5.73 Å². The molecular formula is C7H12ClNO5. The summed E-state index contributed by atoms with van der Waals surface area (Å²) >= 11 is 0. The van der Waals surface area contributed by atoms with Gasteiger partial charge < -0.3 is 15.9 Å². The van der Waals surface area contributed by atoms with Crippen LogP contribution in [0.25, 0.3) is 0 Å². The third-order valence-corrected chi connectivity index (χ3v) is 1.47. The van der Waals surface area contributed by atoms with E-state index in [1.165, 1.54) is 0 Å². The quantitative estimate of drug-likeness (QED) is 0.532. The van der Waals surface area contributed by atoms with Gasteiger partial charge in [-0.25, -0.2) is 4.79 Å². The van der Waals surface area contributed by atoms with Crippen molar-refractivity contribution in [3.05, 3.63) is 0 Å². The first-order valence-electron chi connectivity index (χ1n) is 3.69. The minimum absolute atomic E-state index is 0. The molecule has 0 aliphatic heterocycles. The van der Waals surface area contributed by atoms with Gasteiger partial charge in [0.2, 0.25) is 5.78 Å². The lowest BCUT2D eigenvalue weighted by Gasteiger charge is -2.03. The number of carbonyl (C=O) groups excluding carboxylic acids is 1. The second-order valence-electron chi connectivity index (χ2n) is 2.57. The molecule has 0 radical (unpaired) electrons. The first-order valence-corrected chi connectivity index (χ1v) is 3.69. The standard InChI is InChI=1S/C7H11NO5.ClH/c8-4(6(10)11)2-1-3-5(9)7(12)13;/h4H,1-3,8H2,(H,10,11)(H,12,13);1H/t4-;/m0./s1. The number of rotatable bonds is 6. The molecule has 0 spiro atoms. The average molecular weight is 226 g/mol. The predicted octanol–water partition coefficient (Wildman–Crippen LogP) is -0.356. The Morgan fingerprint density at radius 1 is 1.21 bits per heavy atom. The Labute approximate surface area is 86.5 Å². The van der Waals surface area contributed by atoms with Gasteiger partial charge in [0, 0.05) is 6.42 Å². The van der Waals surface area contributed by atoms with E-state index in [1.54, 1.807) is 0 Å². The van der Waals surface area contributed by atoms with Crippen LogP contribution in [0.1, 0.15) is 19.3 Å². The second-order valence-corrected chi connectivity index (χ2v) is 2.57. The molecule has 0 aromatic rings. The fraction of sp³-hybridized carbons (Fsp3) is 0.571. The summed E-state index contributed by atoms with van der Waals surface area (Å²) in [5.41, 5.74) is 5.12. The molecule has 0 fully saturated rings. The molecule has 1 atom stereocenters. The Morgan fingerprint density at radius 3 is 2.07 bits per heavy atom. The number of aliphatic carboxylic acids is 2. The number of hydrogen-bond donors (Lipinski definition) is 3. The number of carboxylic acid groups (broad SMARTS) is 2. The zero-order chi connectivity index (χ0) is 10.4. The summed E-state index contributed by atoms with van der Waals surface area (Å²) in [4.78, 5) is 30.7. The number of nitrogens with two attached hydrogens (primary N) is 1. The van der Waals surface area contributed by atoms with Crippen molar-refractivity contribution in [1.82, 2.24) is 0 Å². The molecule has 4 N–H and O–H groups in total. The van der Waals surface area contributed by atoms with Gasteiger partial charge in [0.25, 0.3) is 0 Å². The van der Waals surface area contributed by atoms with Gasteiger partial charge in [0.05, 0.1) is 0 Å². The molecule has 14 heavy (non-hydrogen) atoms. The maximum Gasteiger partial charge on any atom is 0.372 e. The van der Waals surface area contributed by atoms with Crippen molar-refractivity contribution in [1.29, 1.82) is 0 Å². The first kappa shape index (κ1) is 15.3. The molecule has 0 saturated carbocycles. The van der Waals surface area contributed by atoms with E-state index < -0.39 is 23.8 Å². The van der Waals surface area contributed by atoms with Crippen LogP contribution in [0.2, 0.25) is 0 Å². The van der Waals surface area contributed by atoms with Crippen LogP contribution in [0.5, 0.6) is 0 Å². The van der Waals surface area contributed by atoms with Crippen molar-refractivity contribution in [3.63, 3.8) is 0 Å². The average Bonchev–Trinajstić information content (AvgIpc) is 2.03. The fourth-order valence-electron chi connectivity index (χ4n) is 0.713. The molecular weight excluding hydrogens is 214 g/mol. The van der Waals surface area contributed by atoms with Gasteiger partial charge in [-0.2, -0.15) is 0 Å². The molecule has 0 heterocycles. The molecule has 0 aromatic heterocycles. The van der Waals surface area contributed by atoms with Crippen molar-refractivity contribution in [3.8, 4) is 0 Å². The Bertz CT molecular complexity index is 230. The van der Waals surface area contributed by atoms with Crippen molar-refractivity contribution >= 4 is 30.1 Å². The molecule has 0 bridgehead atoms. The summed E-state index contributed by atoms with van der Waals surface area (Å²) in [6.45, 7) is 0. The Balaban J connectivity index is 0. The molecule has 0 aromatic carbocycles. The molecule has 0 saturated heterocycles. The highest BCUT2D eigenvalue weighted by Crippen LogP contribution is 2.00. The van der Waals surface area contributed by atoms with Crippen molar-refractivity contribution in [2.75, 3.05) is 0 Å². The monoisotopic (exact) mass is 225 g/mol. The highest BCUT2D eigenvalue weighted by atomic mass is 35.5. The smallest absolute Gasteiger partial charge is 0.372 e. The Morgan fingerprint density at radius 2 is 1.71 bits per heavy atom. The van der Waals surface area contributed by atoms with Crippen LogP contribution in [-0.4, -0.2) is 34.0 Å². The molecule has 0 aliphatic rings. The van der Waals surface area contributed by atoms with E-state index >= 15 is 0 Å². The highest BCUT2D eigenvalue weighted by molar-refractivity contribution is 6.32. The fourth-order valence-corrected chi connectivity index (χ4v) is 0.713. The number of carboxylic acids is 2. The Kier molecular flexibility index (Phi) is 7.98. The van der Waals surface area contributed by atoms with Gasteiger partial charge in [0.1, 0.15) is 6.04 Å². The van der Waals surface area contributed by atoms with E-state index in [0.717, 1.165) is 0 Å². The second kappa shape index (κ2) is 7.28. The predicted molar refractivity (Wildman–Crippen MR) is 49.4 cm³/mol. The van der Waals surface area contributed by atoms with Gasteiger partial charge in [-0.1, -0.05) is 0 Å². The topological polar surface area (TPSA) is 118 Å². The lowest BCUT2D eigenvalue weighted by Crippen LogP contribution is -2.30. The summed E-state index contributed by atoms with van der Waals surface area (Å²) in [5, 5.41) is 16.5. The summed E-state index contributed by atoms with van der Waals surface area (Å²) in [6.07, 6.45) is 0.114.